The summed E-state index contributed by atoms with van der Waals surface area (Å²) in [7, 11) is 1.75. The zero-order valence-electron chi connectivity index (χ0n) is 21.6. The number of hydrogen-bond donors (Lipinski definition) is 2. The second kappa shape index (κ2) is 11.0. The van der Waals surface area contributed by atoms with Crippen molar-refractivity contribution in [3.63, 3.8) is 0 Å². The van der Waals surface area contributed by atoms with E-state index < -0.39 is 5.41 Å². The molecule has 0 aliphatic rings. The molecule has 3 heterocycles. The number of nitriles is 1. The highest BCUT2D eigenvalue weighted by Crippen LogP contribution is 2.30. The number of pyridine rings is 2. The molecule has 0 saturated heterocycles. The van der Waals surface area contributed by atoms with Crippen LogP contribution in [-0.4, -0.2) is 39.2 Å². The Morgan fingerprint density at radius 1 is 1.03 bits per heavy atom. The topological polar surface area (TPSA) is 134 Å². The SMILES string of the molecule is CNc1nccc(-c2nccc(-c3cc(NC(=O)c4ccnc(C(C)(C)C#N)c4)ccc3C)n2)c1CC=O. The third-order valence-electron chi connectivity index (χ3n) is 6.19. The number of carbonyl (C=O) groups excluding carboxylic acids is 2. The second-order valence-corrected chi connectivity index (χ2v) is 9.22. The summed E-state index contributed by atoms with van der Waals surface area (Å²) >= 11 is 0. The summed E-state index contributed by atoms with van der Waals surface area (Å²) in [5.74, 6) is 0.758. The number of carbonyl (C=O) groups is 2. The quantitative estimate of drug-likeness (QED) is 0.328. The predicted octanol–water partition coefficient (Wildman–Crippen LogP) is 4.75. The molecule has 4 rings (SSSR count). The minimum Gasteiger partial charge on any atom is -0.373 e. The zero-order chi connectivity index (χ0) is 27.3. The van der Waals surface area contributed by atoms with Gasteiger partial charge in [0.05, 0.1) is 22.9 Å². The lowest BCUT2D eigenvalue weighted by atomic mass is 9.90. The van der Waals surface area contributed by atoms with Gasteiger partial charge in [-0.15, -0.1) is 0 Å². The Kier molecular flexibility index (Phi) is 7.53. The highest BCUT2D eigenvalue weighted by molar-refractivity contribution is 6.04. The molecule has 9 nitrogen and oxygen atoms in total. The maximum atomic E-state index is 13.0. The van der Waals surface area contributed by atoms with E-state index >= 15 is 0 Å². The van der Waals surface area contributed by atoms with Crippen molar-refractivity contribution in [1.82, 2.24) is 19.9 Å². The first kappa shape index (κ1) is 26.1. The van der Waals surface area contributed by atoms with Crippen molar-refractivity contribution in [2.45, 2.75) is 32.6 Å². The van der Waals surface area contributed by atoms with Gasteiger partial charge in [0.15, 0.2) is 5.82 Å². The number of aldehydes is 1. The van der Waals surface area contributed by atoms with E-state index in [9.17, 15) is 14.9 Å². The molecule has 0 aliphatic heterocycles. The monoisotopic (exact) mass is 505 g/mol. The normalized spacial score (nSPS) is 10.9. The molecule has 38 heavy (non-hydrogen) atoms. The van der Waals surface area contributed by atoms with Crippen molar-refractivity contribution in [2.75, 3.05) is 17.7 Å². The number of anilines is 2. The molecule has 9 heteroatoms. The van der Waals surface area contributed by atoms with Gasteiger partial charge in [-0.2, -0.15) is 5.26 Å². The van der Waals surface area contributed by atoms with Gasteiger partial charge >= 0.3 is 0 Å². The summed E-state index contributed by atoms with van der Waals surface area (Å²) in [4.78, 5) is 42.1. The van der Waals surface area contributed by atoms with Gasteiger partial charge in [-0.1, -0.05) is 6.07 Å². The van der Waals surface area contributed by atoms with Gasteiger partial charge in [0.25, 0.3) is 5.91 Å². The van der Waals surface area contributed by atoms with Crippen LogP contribution in [0.2, 0.25) is 0 Å². The van der Waals surface area contributed by atoms with Crippen LogP contribution in [0.3, 0.4) is 0 Å². The number of amides is 1. The van der Waals surface area contributed by atoms with Gasteiger partial charge in [-0.3, -0.25) is 9.78 Å². The highest BCUT2D eigenvalue weighted by atomic mass is 16.1. The van der Waals surface area contributed by atoms with E-state index in [1.807, 2.05) is 25.1 Å². The Bertz CT molecular complexity index is 1560. The Morgan fingerprint density at radius 3 is 2.53 bits per heavy atom. The fraction of sp³-hybridized carbons (Fsp3) is 0.207. The molecular formula is C29H27N7O2. The van der Waals surface area contributed by atoms with E-state index in [-0.39, 0.29) is 12.3 Å². The van der Waals surface area contributed by atoms with Crippen LogP contribution in [0, 0.1) is 18.3 Å². The lowest BCUT2D eigenvalue weighted by Crippen LogP contribution is -2.18. The van der Waals surface area contributed by atoms with Crippen LogP contribution in [-0.2, 0) is 16.6 Å². The number of aryl methyl sites for hydroxylation is 1. The third kappa shape index (κ3) is 5.39. The second-order valence-electron chi connectivity index (χ2n) is 9.22. The number of benzene rings is 1. The minimum atomic E-state index is -0.813. The minimum absolute atomic E-state index is 0.176. The Morgan fingerprint density at radius 2 is 1.79 bits per heavy atom. The van der Waals surface area contributed by atoms with Crippen molar-refractivity contribution in [2.24, 2.45) is 0 Å². The number of nitrogens with one attached hydrogen (secondary N) is 2. The van der Waals surface area contributed by atoms with Crippen LogP contribution in [0.4, 0.5) is 11.5 Å². The van der Waals surface area contributed by atoms with E-state index in [1.165, 1.54) is 6.20 Å². The van der Waals surface area contributed by atoms with Gasteiger partial charge in [0.2, 0.25) is 0 Å². The molecule has 1 aromatic carbocycles. The smallest absolute Gasteiger partial charge is 0.255 e. The number of aromatic nitrogens is 4. The largest absolute Gasteiger partial charge is 0.373 e. The summed E-state index contributed by atoms with van der Waals surface area (Å²) in [6.45, 7) is 5.48. The molecule has 0 aliphatic carbocycles. The molecule has 0 radical (unpaired) electrons. The molecule has 2 N–H and O–H groups in total. The lowest BCUT2D eigenvalue weighted by molar-refractivity contribution is -0.107. The van der Waals surface area contributed by atoms with Crippen LogP contribution < -0.4 is 10.6 Å². The average Bonchev–Trinajstić information content (AvgIpc) is 2.94. The zero-order valence-corrected chi connectivity index (χ0v) is 21.6. The van der Waals surface area contributed by atoms with Gasteiger partial charge in [-0.05, 0) is 62.7 Å². The molecule has 0 bridgehead atoms. The summed E-state index contributed by atoms with van der Waals surface area (Å²) in [6, 6.07) is 14.6. The van der Waals surface area contributed by atoms with Crippen molar-refractivity contribution < 1.29 is 9.59 Å². The fourth-order valence-corrected chi connectivity index (χ4v) is 4.00. The molecule has 0 unspecified atom stereocenters. The Balaban J connectivity index is 1.67. The van der Waals surface area contributed by atoms with E-state index in [0.717, 1.165) is 23.0 Å². The van der Waals surface area contributed by atoms with Gasteiger partial charge in [0, 0.05) is 60.0 Å². The van der Waals surface area contributed by atoms with E-state index in [1.54, 1.807) is 57.6 Å². The number of rotatable bonds is 8. The van der Waals surface area contributed by atoms with Crippen molar-refractivity contribution in [3.05, 3.63) is 83.4 Å². The molecule has 0 atom stereocenters. The molecule has 4 aromatic rings. The maximum absolute atomic E-state index is 13.0. The fourth-order valence-electron chi connectivity index (χ4n) is 4.00. The first-order valence-electron chi connectivity index (χ1n) is 12.0. The van der Waals surface area contributed by atoms with E-state index in [0.29, 0.717) is 39.8 Å². The van der Waals surface area contributed by atoms with Crippen molar-refractivity contribution >= 4 is 23.7 Å². The van der Waals surface area contributed by atoms with Gasteiger partial charge in [0.1, 0.15) is 12.1 Å². The lowest BCUT2D eigenvalue weighted by Gasteiger charge is -2.15. The first-order chi connectivity index (χ1) is 18.3. The van der Waals surface area contributed by atoms with Crippen LogP contribution in [0.15, 0.2) is 61.1 Å². The molecule has 0 fully saturated rings. The summed E-state index contributed by atoms with van der Waals surface area (Å²) in [5, 5.41) is 15.4. The van der Waals surface area contributed by atoms with Crippen molar-refractivity contribution in [1.29, 1.82) is 5.26 Å². The molecule has 190 valence electrons. The summed E-state index contributed by atoms with van der Waals surface area (Å²) in [5.41, 5.74) is 4.61. The molecule has 0 saturated carbocycles. The van der Waals surface area contributed by atoms with Crippen LogP contribution in [0.5, 0.6) is 0 Å². The first-order valence-corrected chi connectivity index (χ1v) is 12.0. The average molecular weight is 506 g/mol. The van der Waals surface area contributed by atoms with Crippen LogP contribution >= 0.6 is 0 Å². The van der Waals surface area contributed by atoms with E-state index in [4.69, 9.17) is 4.98 Å². The van der Waals surface area contributed by atoms with Crippen LogP contribution in [0.25, 0.3) is 22.6 Å². The highest BCUT2D eigenvalue weighted by Gasteiger charge is 2.23. The number of nitrogens with zero attached hydrogens (tertiary/aromatic N) is 5. The van der Waals surface area contributed by atoms with Crippen LogP contribution in [0.1, 0.15) is 41.0 Å². The third-order valence-corrected chi connectivity index (χ3v) is 6.19. The Hall–Kier alpha value is -4.97. The molecular weight excluding hydrogens is 478 g/mol. The standard InChI is InChI=1S/C29H27N7O2/c1-18-5-6-20(35-28(38)19-7-11-32-25(15-19)29(2,3)17-30)16-23(18)24-9-13-34-27(36-24)21-8-12-33-26(31-4)22(21)10-14-37/h5-9,11-16H,10H2,1-4H3,(H,31,33)(H,35,38). The predicted molar refractivity (Wildman–Crippen MR) is 146 cm³/mol. The molecule has 0 spiro atoms. The maximum Gasteiger partial charge on any atom is 0.255 e. The molecule has 3 aromatic heterocycles. The van der Waals surface area contributed by atoms with Gasteiger partial charge in [-0.25, -0.2) is 15.0 Å². The summed E-state index contributed by atoms with van der Waals surface area (Å²) in [6.07, 6.45) is 5.85. The summed E-state index contributed by atoms with van der Waals surface area (Å²) < 4.78 is 0. The number of hydrogen-bond acceptors (Lipinski definition) is 8. The van der Waals surface area contributed by atoms with E-state index in [2.05, 4.69) is 31.7 Å². The Labute approximate surface area is 221 Å². The molecule has 1 amide bonds. The van der Waals surface area contributed by atoms with Crippen molar-refractivity contribution in [3.8, 4) is 28.7 Å². The van der Waals surface area contributed by atoms with Gasteiger partial charge < -0.3 is 15.4 Å².